The summed E-state index contributed by atoms with van der Waals surface area (Å²) in [7, 11) is 1.78. The third-order valence-corrected chi connectivity index (χ3v) is 2.21. The highest BCUT2D eigenvalue weighted by molar-refractivity contribution is 5.91. The van der Waals surface area contributed by atoms with Gasteiger partial charge < -0.3 is 21.4 Å². The van der Waals surface area contributed by atoms with E-state index in [1.54, 1.807) is 11.9 Å². The lowest BCUT2D eigenvalue weighted by Gasteiger charge is -2.16. The van der Waals surface area contributed by atoms with Gasteiger partial charge in [0.05, 0.1) is 0 Å². The molecule has 116 valence electrons. The number of H-pyrrole nitrogens is 1. The summed E-state index contributed by atoms with van der Waals surface area (Å²) in [4.78, 5) is 8.59. The average molecular weight is 282 g/mol. The molecule has 6 nitrogen and oxygen atoms in total. The highest BCUT2D eigenvalue weighted by Gasteiger charge is 2.04. The maximum atomic E-state index is 7.56. The van der Waals surface area contributed by atoms with Crippen molar-refractivity contribution in [1.82, 2.24) is 9.88 Å². The molecule has 20 heavy (non-hydrogen) atoms. The molecule has 0 atom stereocenters. The highest BCUT2D eigenvalue weighted by Crippen LogP contribution is 2.02. The molecule has 0 aliphatic rings. The summed E-state index contributed by atoms with van der Waals surface area (Å²) < 4.78 is 0. The molecule has 0 saturated carbocycles. The summed E-state index contributed by atoms with van der Waals surface area (Å²) in [6.07, 6.45) is 0.826. The minimum Gasteiger partial charge on any atom is -0.370 e. The van der Waals surface area contributed by atoms with Crippen LogP contribution in [-0.2, 0) is 6.42 Å². The van der Waals surface area contributed by atoms with Crippen molar-refractivity contribution in [2.24, 2.45) is 16.5 Å². The number of nitrogens with zero attached hydrogens (tertiary/aromatic N) is 2. The second-order valence-electron chi connectivity index (χ2n) is 3.70. The Morgan fingerprint density at radius 1 is 1.25 bits per heavy atom. The van der Waals surface area contributed by atoms with Crippen molar-refractivity contribution in [3.63, 3.8) is 0 Å². The molecule has 1 aromatic rings. The number of aromatic amines is 1. The fourth-order valence-electron chi connectivity index (χ4n) is 1.31. The second-order valence-corrected chi connectivity index (χ2v) is 3.70. The molecule has 1 rings (SSSR count). The molecule has 1 heterocycles. The van der Waals surface area contributed by atoms with Gasteiger partial charge in [-0.25, -0.2) is 0 Å². The lowest BCUT2D eigenvalue weighted by molar-refractivity contribution is 0.497. The minimum absolute atomic E-state index is 0.0725. The van der Waals surface area contributed by atoms with Crippen molar-refractivity contribution >= 4 is 11.9 Å². The van der Waals surface area contributed by atoms with Crippen LogP contribution in [0.25, 0.3) is 0 Å². The van der Waals surface area contributed by atoms with Crippen molar-refractivity contribution in [3.05, 3.63) is 23.5 Å². The van der Waals surface area contributed by atoms with Crippen LogP contribution in [0.4, 0.5) is 0 Å². The quantitative estimate of drug-likeness (QED) is 0.503. The summed E-state index contributed by atoms with van der Waals surface area (Å²) >= 11 is 0. The Labute approximate surface area is 122 Å². The molecule has 0 aliphatic carbocycles. The number of aliphatic imine (C=N–C) groups is 1. The Morgan fingerprint density at radius 2 is 1.80 bits per heavy atom. The zero-order valence-corrected chi connectivity index (χ0v) is 13.6. The lowest BCUT2D eigenvalue weighted by Crippen LogP contribution is -2.31. The molecule has 0 saturated heterocycles. The number of aromatic nitrogens is 1. The Morgan fingerprint density at radius 3 is 2.20 bits per heavy atom. The van der Waals surface area contributed by atoms with Crippen molar-refractivity contribution in [2.45, 2.75) is 41.0 Å². The molecule has 0 aliphatic heterocycles. The first-order valence-electron chi connectivity index (χ1n) is 7.03. The number of aryl methyl sites for hydroxylation is 1. The van der Waals surface area contributed by atoms with E-state index >= 15 is 0 Å². The van der Waals surface area contributed by atoms with Crippen LogP contribution in [0, 0.1) is 12.3 Å². The van der Waals surface area contributed by atoms with Crippen molar-refractivity contribution in [3.8, 4) is 0 Å². The number of likely N-dealkylation sites (N-methyl/N-ethyl adjacent to an activating group) is 1. The molecular weight excluding hydrogens is 252 g/mol. The Hall–Kier alpha value is -1.98. The molecule has 0 spiro atoms. The number of nitrogens with one attached hydrogen (secondary N) is 2. The molecule has 0 fully saturated rings. The van der Waals surface area contributed by atoms with Crippen LogP contribution >= 0.6 is 0 Å². The lowest BCUT2D eigenvalue weighted by atomic mass is 10.3. The van der Waals surface area contributed by atoms with E-state index in [2.05, 4.69) is 9.98 Å². The predicted molar refractivity (Wildman–Crippen MR) is 88.1 cm³/mol. The highest BCUT2D eigenvalue weighted by atomic mass is 15.2. The fourth-order valence-corrected chi connectivity index (χ4v) is 1.31. The first-order chi connectivity index (χ1) is 9.49. The smallest absolute Gasteiger partial charge is 0.220 e. The van der Waals surface area contributed by atoms with E-state index in [1.165, 1.54) is 0 Å². The third-order valence-electron chi connectivity index (χ3n) is 2.21. The van der Waals surface area contributed by atoms with Crippen LogP contribution in [0.15, 0.2) is 17.1 Å². The van der Waals surface area contributed by atoms with Gasteiger partial charge in [-0.15, -0.1) is 0 Å². The van der Waals surface area contributed by atoms with E-state index < -0.39 is 0 Å². The largest absolute Gasteiger partial charge is 0.370 e. The van der Waals surface area contributed by atoms with Crippen LogP contribution in [0.1, 0.15) is 39.1 Å². The molecule has 0 aromatic carbocycles. The second kappa shape index (κ2) is 12.1. The molecule has 0 bridgehead atoms. The van der Waals surface area contributed by atoms with E-state index in [4.69, 9.17) is 16.9 Å². The summed E-state index contributed by atoms with van der Waals surface area (Å²) in [6.45, 7) is 10.7. The molecule has 0 unspecified atom stereocenters. The van der Waals surface area contributed by atoms with Crippen molar-refractivity contribution in [2.75, 3.05) is 13.6 Å². The van der Waals surface area contributed by atoms with Crippen LogP contribution < -0.4 is 11.5 Å². The number of nitrogens with two attached hydrogens (primary N) is 2. The third kappa shape index (κ3) is 9.02. The average Bonchev–Trinajstić information content (AvgIpc) is 2.85. The van der Waals surface area contributed by atoms with Gasteiger partial charge in [-0.1, -0.05) is 27.7 Å². The summed E-state index contributed by atoms with van der Waals surface area (Å²) in [5.74, 6) is -0.0177. The number of hydrogen-bond acceptors (Lipinski definition) is 1. The predicted octanol–water partition coefficient (Wildman–Crippen LogP) is 2.06. The van der Waals surface area contributed by atoms with Gasteiger partial charge in [0.1, 0.15) is 0 Å². The summed E-state index contributed by atoms with van der Waals surface area (Å²) in [5, 5.41) is 7.56. The van der Waals surface area contributed by atoms with E-state index in [0.29, 0.717) is 6.54 Å². The first kappa shape index (κ1) is 20.3. The Bertz CT molecular complexity index is 390. The van der Waals surface area contributed by atoms with Crippen LogP contribution in [0.5, 0.6) is 0 Å². The van der Waals surface area contributed by atoms with E-state index in [0.717, 1.165) is 17.8 Å². The van der Waals surface area contributed by atoms with Crippen LogP contribution in [0.2, 0.25) is 0 Å². The van der Waals surface area contributed by atoms with E-state index in [1.807, 2.05) is 46.8 Å². The van der Waals surface area contributed by atoms with Gasteiger partial charge in [-0.05, 0) is 19.1 Å². The van der Waals surface area contributed by atoms with Gasteiger partial charge in [0.2, 0.25) is 5.96 Å². The Kier molecular flexibility index (Phi) is 12.3. The van der Waals surface area contributed by atoms with E-state index in [9.17, 15) is 0 Å². The number of rotatable bonds is 3. The van der Waals surface area contributed by atoms with Gasteiger partial charge in [-0.3, -0.25) is 5.41 Å². The maximum absolute atomic E-state index is 7.56. The maximum Gasteiger partial charge on any atom is 0.220 e. The number of hydrogen-bond donors (Lipinski definition) is 4. The van der Waals surface area contributed by atoms with Crippen LogP contribution in [-0.4, -0.2) is 35.4 Å². The van der Waals surface area contributed by atoms with E-state index in [-0.39, 0.29) is 11.9 Å². The SMILES string of the molecule is CC.CC.Cc1ccc(CCN(C)C(=N)N=C(N)N)[nH]1. The van der Waals surface area contributed by atoms with Crippen molar-refractivity contribution < 1.29 is 0 Å². The van der Waals surface area contributed by atoms with Gasteiger partial charge >= 0.3 is 0 Å². The number of guanidine groups is 2. The molecular formula is C14H30N6. The van der Waals surface area contributed by atoms with Crippen LogP contribution in [0.3, 0.4) is 0 Å². The Balaban J connectivity index is 0. The molecule has 1 aromatic heterocycles. The minimum atomic E-state index is -0.0902. The fraction of sp³-hybridized carbons (Fsp3) is 0.571. The standard InChI is InChI=1S/C10H18N6.2C2H6/c1-7-3-4-8(14-7)5-6-16(2)10(13)15-9(11)12;2*1-2/h3-4,14H,5-6H2,1-2H3,(H5,11,12,13,15);2*1-2H3. The van der Waals surface area contributed by atoms with Gasteiger partial charge in [0, 0.05) is 31.4 Å². The summed E-state index contributed by atoms with van der Waals surface area (Å²) in [6, 6.07) is 4.06. The zero-order valence-electron chi connectivity index (χ0n) is 13.6. The summed E-state index contributed by atoms with van der Waals surface area (Å²) in [5.41, 5.74) is 12.7. The zero-order chi connectivity index (χ0) is 16.1. The van der Waals surface area contributed by atoms with Gasteiger partial charge in [-0.2, -0.15) is 4.99 Å². The molecule has 6 N–H and O–H groups in total. The normalized spacial score (nSPS) is 8.50. The molecule has 0 radical (unpaired) electrons. The first-order valence-corrected chi connectivity index (χ1v) is 7.03. The monoisotopic (exact) mass is 282 g/mol. The van der Waals surface area contributed by atoms with Gasteiger partial charge in [0.15, 0.2) is 5.96 Å². The van der Waals surface area contributed by atoms with Crippen molar-refractivity contribution in [1.29, 1.82) is 5.41 Å². The molecule has 0 amide bonds. The van der Waals surface area contributed by atoms with Gasteiger partial charge in [0.25, 0.3) is 0 Å². The topological polar surface area (TPSA) is 107 Å². The molecule has 6 heteroatoms.